The van der Waals surface area contributed by atoms with E-state index < -0.39 is 0 Å². The largest absolute Gasteiger partial charge is 0.497 e. The predicted octanol–water partition coefficient (Wildman–Crippen LogP) is 1.05. The second kappa shape index (κ2) is 6.22. The number of ether oxygens (including phenoxy) is 1. The molecule has 0 bridgehead atoms. The van der Waals surface area contributed by atoms with Crippen LogP contribution in [-0.2, 0) is 4.79 Å². The summed E-state index contributed by atoms with van der Waals surface area (Å²) in [7, 11) is 1.57. The molecule has 1 fully saturated rings. The molecule has 2 rings (SSSR count). The molecule has 102 valence electrons. The molecule has 0 spiro atoms. The minimum absolute atomic E-state index is 0.0145. The number of nitrogens with one attached hydrogen (secondary N) is 1. The van der Waals surface area contributed by atoms with Gasteiger partial charge in [0.2, 0.25) is 5.91 Å². The number of likely N-dealkylation sites (tertiary alicyclic amines) is 1. The minimum atomic E-state index is -0.241. The summed E-state index contributed by atoms with van der Waals surface area (Å²) >= 11 is 0. The average molecular weight is 262 g/mol. The fourth-order valence-corrected chi connectivity index (χ4v) is 2.08. The Hall–Kier alpha value is -2.04. The van der Waals surface area contributed by atoms with E-state index in [-0.39, 0.29) is 18.4 Å². The molecular formula is C14H18N2O3. The van der Waals surface area contributed by atoms with E-state index in [9.17, 15) is 9.59 Å². The molecule has 0 aromatic heterocycles. The van der Waals surface area contributed by atoms with Gasteiger partial charge >= 0.3 is 0 Å². The number of amides is 2. The van der Waals surface area contributed by atoms with Crippen molar-refractivity contribution in [1.29, 1.82) is 0 Å². The minimum Gasteiger partial charge on any atom is -0.497 e. The van der Waals surface area contributed by atoms with Gasteiger partial charge in [-0.2, -0.15) is 0 Å². The Balaban J connectivity index is 1.84. The second-order valence-corrected chi connectivity index (χ2v) is 4.50. The Morgan fingerprint density at radius 3 is 2.42 bits per heavy atom. The summed E-state index contributed by atoms with van der Waals surface area (Å²) in [6.45, 7) is 1.67. The van der Waals surface area contributed by atoms with E-state index in [1.54, 1.807) is 36.3 Å². The monoisotopic (exact) mass is 262 g/mol. The van der Waals surface area contributed by atoms with E-state index in [1.807, 2.05) is 0 Å². The van der Waals surface area contributed by atoms with Crippen LogP contribution in [0.15, 0.2) is 24.3 Å². The van der Waals surface area contributed by atoms with Crippen molar-refractivity contribution in [2.24, 2.45) is 0 Å². The van der Waals surface area contributed by atoms with Crippen LogP contribution in [0.5, 0.6) is 5.75 Å². The van der Waals surface area contributed by atoms with Crippen molar-refractivity contribution >= 4 is 11.8 Å². The van der Waals surface area contributed by atoms with Crippen molar-refractivity contribution in [3.8, 4) is 5.75 Å². The van der Waals surface area contributed by atoms with E-state index in [0.29, 0.717) is 11.3 Å². The molecule has 5 nitrogen and oxygen atoms in total. The van der Waals surface area contributed by atoms with Crippen molar-refractivity contribution in [3.63, 3.8) is 0 Å². The molecule has 1 aromatic rings. The molecule has 1 aromatic carbocycles. The van der Waals surface area contributed by atoms with Crippen LogP contribution in [0.2, 0.25) is 0 Å². The van der Waals surface area contributed by atoms with Gasteiger partial charge in [0.25, 0.3) is 5.91 Å². The van der Waals surface area contributed by atoms with Crippen LogP contribution in [0.1, 0.15) is 23.2 Å². The number of rotatable bonds is 4. The third-order valence-corrected chi connectivity index (χ3v) is 3.21. The van der Waals surface area contributed by atoms with Gasteiger partial charge in [0.1, 0.15) is 5.75 Å². The third-order valence-electron chi connectivity index (χ3n) is 3.21. The zero-order chi connectivity index (χ0) is 13.7. The van der Waals surface area contributed by atoms with Gasteiger partial charge in [0.15, 0.2) is 0 Å². The summed E-state index contributed by atoms with van der Waals surface area (Å²) in [5.41, 5.74) is 0.523. The lowest BCUT2D eigenvalue weighted by molar-refractivity contribution is -0.129. The summed E-state index contributed by atoms with van der Waals surface area (Å²) in [5.74, 6) is 0.444. The molecule has 0 aliphatic carbocycles. The Bertz CT molecular complexity index is 450. The highest BCUT2D eigenvalue weighted by Gasteiger charge is 2.18. The first-order chi connectivity index (χ1) is 9.20. The lowest BCUT2D eigenvalue weighted by Gasteiger charge is -2.15. The Kier molecular flexibility index (Phi) is 4.39. The molecule has 1 N–H and O–H groups in total. The quantitative estimate of drug-likeness (QED) is 0.882. The molecule has 1 aliphatic heterocycles. The molecule has 1 heterocycles. The van der Waals surface area contributed by atoms with E-state index in [0.717, 1.165) is 25.9 Å². The van der Waals surface area contributed by atoms with Crippen LogP contribution in [0.3, 0.4) is 0 Å². The molecule has 5 heteroatoms. The second-order valence-electron chi connectivity index (χ2n) is 4.50. The maximum atomic E-state index is 11.8. The van der Waals surface area contributed by atoms with Crippen molar-refractivity contribution in [3.05, 3.63) is 29.8 Å². The molecule has 1 saturated heterocycles. The lowest BCUT2D eigenvalue weighted by Crippen LogP contribution is -2.38. The number of methoxy groups -OCH3 is 1. The molecule has 0 saturated carbocycles. The van der Waals surface area contributed by atoms with Crippen LogP contribution in [0.4, 0.5) is 0 Å². The highest BCUT2D eigenvalue weighted by Crippen LogP contribution is 2.11. The summed E-state index contributed by atoms with van der Waals surface area (Å²) in [5, 5.41) is 2.64. The van der Waals surface area contributed by atoms with E-state index in [1.165, 1.54) is 0 Å². The molecule has 2 amide bonds. The van der Waals surface area contributed by atoms with Gasteiger partial charge in [0, 0.05) is 18.7 Å². The van der Waals surface area contributed by atoms with Gasteiger partial charge < -0.3 is 15.0 Å². The number of hydrogen-bond donors (Lipinski definition) is 1. The molecular weight excluding hydrogens is 244 g/mol. The van der Waals surface area contributed by atoms with Crippen molar-refractivity contribution < 1.29 is 14.3 Å². The van der Waals surface area contributed by atoms with Gasteiger partial charge in [-0.1, -0.05) is 0 Å². The molecule has 1 aliphatic rings. The number of carbonyl (C=O) groups excluding carboxylic acids is 2. The van der Waals surface area contributed by atoms with E-state index in [4.69, 9.17) is 4.74 Å². The van der Waals surface area contributed by atoms with Crippen LogP contribution in [0.25, 0.3) is 0 Å². The van der Waals surface area contributed by atoms with Crippen molar-refractivity contribution in [2.75, 3.05) is 26.7 Å². The highest BCUT2D eigenvalue weighted by atomic mass is 16.5. The van der Waals surface area contributed by atoms with Crippen LogP contribution < -0.4 is 10.1 Å². The van der Waals surface area contributed by atoms with Crippen LogP contribution in [0, 0.1) is 0 Å². The number of benzene rings is 1. The Labute approximate surface area is 112 Å². The maximum Gasteiger partial charge on any atom is 0.251 e. The van der Waals surface area contributed by atoms with Gasteiger partial charge in [-0.15, -0.1) is 0 Å². The smallest absolute Gasteiger partial charge is 0.251 e. The van der Waals surface area contributed by atoms with Gasteiger partial charge in [0.05, 0.1) is 13.7 Å². The van der Waals surface area contributed by atoms with Crippen molar-refractivity contribution in [1.82, 2.24) is 10.2 Å². The number of carbonyl (C=O) groups is 2. The molecule has 0 radical (unpaired) electrons. The van der Waals surface area contributed by atoms with Crippen LogP contribution >= 0.6 is 0 Å². The standard InChI is InChI=1S/C14H18N2O3/c1-19-12-6-4-11(5-7-12)14(18)15-10-13(17)16-8-2-3-9-16/h4-7H,2-3,8-10H2,1H3,(H,15,18). The first-order valence-electron chi connectivity index (χ1n) is 6.41. The zero-order valence-corrected chi connectivity index (χ0v) is 11.0. The third kappa shape index (κ3) is 3.47. The SMILES string of the molecule is COc1ccc(C(=O)NCC(=O)N2CCCC2)cc1. The van der Waals surface area contributed by atoms with Crippen LogP contribution in [-0.4, -0.2) is 43.5 Å². The summed E-state index contributed by atoms with van der Waals surface area (Å²) in [4.78, 5) is 25.4. The van der Waals surface area contributed by atoms with Gasteiger partial charge in [-0.25, -0.2) is 0 Å². The zero-order valence-electron chi connectivity index (χ0n) is 11.0. The van der Waals surface area contributed by atoms with Gasteiger partial charge in [-0.3, -0.25) is 9.59 Å². The normalized spacial score (nSPS) is 14.3. The number of nitrogens with zero attached hydrogens (tertiary/aromatic N) is 1. The van der Waals surface area contributed by atoms with Crippen molar-refractivity contribution in [2.45, 2.75) is 12.8 Å². The number of hydrogen-bond acceptors (Lipinski definition) is 3. The predicted molar refractivity (Wildman–Crippen MR) is 71.1 cm³/mol. The first kappa shape index (κ1) is 13.4. The average Bonchev–Trinajstić information content (AvgIpc) is 2.98. The maximum absolute atomic E-state index is 11.8. The molecule has 19 heavy (non-hydrogen) atoms. The lowest BCUT2D eigenvalue weighted by atomic mass is 10.2. The topological polar surface area (TPSA) is 58.6 Å². The Morgan fingerprint density at radius 1 is 1.21 bits per heavy atom. The summed E-state index contributed by atoms with van der Waals surface area (Å²) in [6.07, 6.45) is 2.11. The molecule has 0 unspecified atom stereocenters. The summed E-state index contributed by atoms with van der Waals surface area (Å²) < 4.78 is 5.02. The fourth-order valence-electron chi connectivity index (χ4n) is 2.08. The highest BCUT2D eigenvalue weighted by molar-refractivity contribution is 5.96. The Morgan fingerprint density at radius 2 is 1.84 bits per heavy atom. The molecule has 0 atom stereocenters. The fraction of sp³-hybridized carbons (Fsp3) is 0.429. The summed E-state index contributed by atoms with van der Waals surface area (Å²) in [6, 6.07) is 6.79. The van der Waals surface area contributed by atoms with E-state index >= 15 is 0 Å². The van der Waals surface area contributed by atoms with E-state index in [2.05, 4.69) is 5.32 Å². The van der Waals surface area contributed by atoms with Gasteiger partial charge in [-0.05, 0) is 37.1 Å². The first-order valence-corrected chi connectivity index (χ1v) is 6.41.